The van der Waals surface area contributed by atoms with Crippen LogP contribution in [0.5, 0.6) is 0 Å². The van der Waals surface area contributed by atoms with Crippen LogP contribution < -0.4 is 5.73 Å². The predicted molar refractivity (Wildman–Crippen MR) is 85.1 cm³/mol. The molecule has 20 heavy (non-hydrogen) atoms. The molecule has 2 N–H and O–H groups in total. The molecule has 1 aliphatic rings. The maximum atomic E-state index is 13.4. The molecule has 3 unspecified atom stereocenters. The molecule has 0 aliphatic heterocycles. The van der Waals surface area contributed by atoms with Crippen LogP contribution in [-0.4, -0.2) is 24.5 Å². The number of halogens is 2. The Bertz CT molecular complexity index is 452. The summed E-state index contributed by atoms with van der Waals surface area (Å²) in [5.41, 5.74) is 7.07. The van der Waals surface area contributed by atoms with E-state index in [2.05, 4.69) is 34.8 Å². The molecular weight excluding hydrogens is 319 g/mol. The second kappa shape index (κ2) is 7.01. The van der Waals surface area contributed by atoms with Crippen molar-refractivity contribution in [1.29, 1.82) is 0 Å². The van der Waals surface area contributed by atoms with Gasteiger partial charge in [0.25, 0.3) is 0 Å². The summed E-state index contributed by atoms with van der Waals surface area (Å²) in [5, 5.41) is 0. The van der Waals surface area contributed by atoms with Gasteiger partial charge in [0, 0.05) is 12.1 Å². The van der Waals surface area contributed by atoms with E-state index in [4.69, 9.17) is 5.73 Å². The Morgan fingerprint density at radius 1 is 1.40 bits per heavy atom. The third-order valence-electron chi connectivity index (χ3n) is 4.73. The Kier molecular flexibility index (Phi) is 5.58. The normalized spacial score (nSPS) is 24.9. The highest BCUT2D eigenvalue weighted by Gasteiger charge is 2.30. The van der Waals surface area contributed by atoms with Crippen LogP contribution in [0.2, 0.25) is 0 Å². The molecule has 1 saturated carbocycles. The summed E-state index contributed by atoms with van der Waals surface area (Å²) in [6.07, 6.45) is 5.02. The van der Waals surface area contributed by atoms with E-state index in [-0.39, 0.29) is 11.9 Å². The van der Waals surface area contributed by atoms with Crippen LogP contribution in [0, 0.1) is 11.7 Å². The third-order valence-corrected chi connectivity index (χ3v) is 5.34. The first-order chi connectivity index (χ1) is 9.54. The quantitative estimate of drug-likeness (QED) is 0.892. The summed E-state index contributed by atoms with van der Waals surface area (Å²) in [7, 11) is 2.17. The van der Waals surface area contributed by atoms with Crippen molar-refractivity contribution in [3.05, 3.63) is 34.1 Å². The number of hydrogen-bond donors (Lipinski definition) is 1. The van der Waals surface area contributed by atoms with E-state index < -0.39 is 0 Å². The molecule has 0 heterocycles. The van der Waals surface area contributed by atoms with Crippen LogP contribution in [0.1, 0.15) is 44.2 Å². The van der Waals surface area contributed by atoms with Gasteiger partial charge in [-0.3, -0.25) is 4.90 Å². The van der Waals surface area contributed by atoms with Crippen molar-refractivity contribution in [2.75, 3.05) is 13.6 Å². The SMILES string of the molecule is CC(c1ccc(F)c(Br)c1)N(C)C1CCCCC1CN. The van der Waals surface area contributed by atoms with E-state index >= 15 is 0 Å². The lowest BCUT2D eigenvalue weighted by Gasteiger charge is -2.40. The largest absolute Gasteiger partial charge is 0.330 e. The van der Waals surface area contributed by atoms with Gasteiger partial charge in [-0.15, -0.1) is 0 Å². The lowest BCUT2D eigenvalue weighted by Crippen LogP contribution is -2.44. The highest BCUT2D eigenvalue weighted by atomic mass is 79.9. The number of hydrogen-bond acceptors (Lipinski definition) is 2. The molecule has 2 nitrogen and oxygen atoms in total. The van der Waals surface area contributed by atoms with Crippen molar-refractivity contribution < 1.29 is 4.39 Å². The van der Waals surface area contributed by atoms with Crippen molar-refractivity contribution in [2.24, 2.45) is 11.7 Å². The van der Waals surface area contributed by atoms with E-state index in [0.717, 1.165) is 12.1 Å². The van der Waals surface area contributed by atoms with E-state index in [9.17, 15) is 4.39 Å². The number of nitrogens with two attached hydrogens (primary N) is 1. The fourth-order valence-corrected chi connectivity index (χ4v) is 3.69. The first kappa shape index (κ1) is 15.9. The molecule has 4 heteroatoms. The fourth-order valence-electron chi connectivity index (χ4n) is 3.29. The zero-order valence-electron chi connectivity index (χ0n) is 12.3. The predicted octanol–water partition coefficient (Wildman–Crippen LogP) is 4.10. The molecule has 0 saturated heterocycles. The summed E-state index contributed by atoms with van der Waals surface area (Å²) >= 11 is 3.27. The Hall–Kier alpha value is -0.450. The van der Waals surface area contributed by atoms with Crippen LogP contribution in [-0.2, 0) is 0 Å². The second-order valence-electron chi connectivity index (χ2n) is 5.86. The van der Waals surface area contributed by atoms with Gasteiger partial charge in [0.05, 0.1) is 4.47 Å². The van der Waals surface area contributed by atoms with Gasteiger partial charge in [-0.05, 0) is 72.9 Å². The van der Waals surface area contributed by atoms with Gasteiger partial charge in [-0.25, -0.2) is 4.39 Å². The van der Waals surface area contributed by atoms with Gasteiger partial charge >= 0.3 is 0 Å². The van der Waals surface area contributed by atoms with Crippen molar-refractivity contribution >= 4 is 15.9 Å². The van der Waals surface area contributed by atoms with Gasteiger partial charge in [-0.2, -0.15) is 0 Å². The fraction of sp³-hybridized carbons (Fsp3) is 0.625. The summed E-state index contributed by atoms with van der Waals surface area (Å²) in [4.78, 5) is 2.41. The molecule has 0 aromatic heterocycles. The van der Waals surface area contributed by atoms with Crippen LogP contribution >= 0.6 is 15.9 Å². The Labute approximate surface area is 129 Å². The summed E-state index contributed by atoms with van der Waals surface area (Å²) < 4.78 is 13.9. The highest BCUT2D eigenvalue weighted by Crippen LogP contribution is 2.33. The number of benzene rings is 1. The lowest BCUT2D eigenvalue weighted by molar-refractivity contribution is 0.0988. The van der Waals surface area contributed by atoms with Crippen molar-refractivity contribution in [3.63, 3.8) is 0 Å². The van der Waals surface area contributed by atoms with Crippen LogP contribution in [0.3, 0.4) is 0 Å². The van der Waals surface area contributed by atoms with Crippen LogP contribution in [0.25, 0.3) is 0 Å². The molecule has 1 fully saturated rings. The standard InChI is InChI=1S/C16H24BrFN2/c1-11(12-7-8-15(18)14(17)9-12)20(2)16-6-4-3-5-13(16)10-19/h7-9,11,13,16H,3-6,10,19H2,1-2H3. The molecule has 0 amide bonds. The van der Waals surface area contributed by atoms with Gasteiger partial charge in [0.1, 0.15) is 5.82 Å². The number of nitrogens with zero attached hydrogens (tertiary/aromatic N) is 1. The first-order valence-electron chi connectivity index (χ1n) is 7.41. The van der Waals surface area contributed by atoms with Gasteiger partial charge < -0.3 is 5.73 Å². The summed E-state index contributed by atoms with van der Waals surface area (Å²) in [5.74, 6) is 0.376. The molecule has 1 aromatic carbocycles. The van der Waals surface area contributed by atoms with Crippen molar-refractivity contribution in [2.45, 2.75) is 44.7 Å². The minimum atomic E-state index is -0.207. The van der Waals surface area contributed by atoms with Gasteiger partial charge in [-0.1, -0.05) is 18.9 Å². The maximum absolute atomic E-state index is 13.4. The lowest BCUT2D eigenvalue weighted by atomic mass is 9.83. The third kappa shape index (κ3) is 3.41. The maximum Gasteiger partial charge on any atom is 0.137 e. The van der Waals surface area contributed by atoms with E-state index in [1.54, 1.807) is 0 Å². The highest BCUT2D eigenvalue weighted by molar-refractivity contribution is 9.10. The minimum Gasteiger partial charge on any atom is -0.330 e. The molecule has 112 valence electrons. The molecule has 3 atom stereocenters. The van der Waals surface area contributed by atoms with Gasteiger partial charge in [0.2, 0.25) is 0 Å². The minimum absolute atomic E-state index is 0.207. The molecular formula is C16H24BrFN2. The molecule has 0 spiro atoms. The average Bonchev–Trinajstić information content (AvgIpc) is 2.48. The first-order valence-corrected chi connectivity index (χ1v) is 8.20. The molecule has 0 radical (unpaired) electrons. The Balaban J connectivity index is 2.14. The Morgan fingerprint density at radius 2 is 2.10 bits per heavy atom. The zero-order chi connectivity index (χ0) is 14.7. The van der Waals surface area contributed by atoms with Crippen LogP contribution in [0.4, 0.5) is 4.39 Å². The molecule has 2 rings (SSSR count). The molecule has 1 aliphatic carbocycles. The topological polar surface area (TPSA) is 29.3 Å². The number of rotatable bonds is 4. The molecule has 0 bridgehead atoms. The zero-order valence-corrected chi connectivity index (χ0v) is 13.9. The average molecular weight is 343 g/mol. The van der Waals surface area contributed by atoms with E-state index in [1.807, 2.05) is 12.1 Å². The molecule has 1 aromatic rings. The summed E-state index contributed by atoms with van der Waals surface area (Å²) in [6.45, 7) is 2.94. The monoisotopic (exact) mass is 342 g/mol. The van der Waals surface area contributed by atoms with Crippen molar-refractivity contribution in [3.8, 4) is 0 Å². The smallest absolute Gasteiger partial charge is 0.137 e. The van der Waals surface area contributed by atoms with Gasteiger partial charge in [0.15, 0.2) is 0 Å². The summed E-state index contributed by atoms with van der Waals surface area (Å²) in [6, 6.07) is 6.10. The second-order valence-corrected chi connectivity index (χ2v) is 6.72. The Morgan fingerprint density at radius 3 is 2.75 bits per heavy atom. The van der Waals surface area contributed by atoms with Crippen molar-refractivity contribution in [1.82, 2.24) is 4.90 Å². The van der Waals surface area contributed by atoms with E-state index in [1.165, 1.54) is 31.7 Å². The van der Waals surface area contributed by atoms with Crippen LogP contribution in [0.15, 0.2) is 22.7 Å². The van der Waals surface area contributed by atoms with E-state index in [0.29, 0.717) is 16.4 Å².